The van der Waals surface area contributed by atoms with Gasteiger partial charge in [0.2, 0.25) is 0 Å². The summed E-state index contributed by atoms with van der Waals surface area (Å²) < 4.78 is 9.89. The topological polar surface area (TPSA) is 93.7 Å². The van der Waals surface area contributed by atoms with Gasteiger partial charge in [0.1, 0.15) is 12.3 Å². The third kappa shape index (κ3) is 5.87. The molecule has 0 radical (unpaired) electrons. The molecule has 0 fully saturated rings. The van der Waals surface area contributed by atoms with E-state index >= 15 is 0 Å². The van der Waals surface area contributed by atoms with Crippen LogP contribution in [0.1, 0.15) is 10.4 Å². The van der Waals surface area contributed by atoms with Crippen LogP contribution in [0.3, 0.4) is 0 Å². The normalized spacial score (nSPS) is 10.0. The second-order valence-corrected chi connectivity index (χ2v) is 6.00. The van der Waals surface area contributed by atoms with Crippen LogP contribution in [-0.4, -0.2) is 38.0 Å². The molecule has 0 saturated carbocycles. The fourth-order valence-corrected chi connectivity index (χ4v) is 2.56. The summed E-state index contributed by atoms with van der Waals surface area (Å²) in [7, 11) is 1.43. The van der Waals surface area contributed by atoms with E-state index < -0.39 is 30.9 Å². The Morgan fingerprint density at radius 2 is 1.67 bits per heavy atom. The Kier molecular flexibility index (Phi) is 7.45. The van der Waals surface area contributed by atoms with Gasteiger partial charge in [0.25, 0.3) is 11.8 Å². The van der Waals surface area contributed by atoms with E-state index in [0.717, 1.165) is 0 Å². The van der Waals surface area contributed by atoms with Gasteiger partial charge in [-0.05, 0) is 24.3 Å². The Morgan fingerprint density at radius 1 is 1.00 bits per heavy atom. The van der Waals surface area contributed by atoms with Gasteiger partial charge in [0, 0.05) is 0 Å². The summed E-state index contributed by atoms with van der Waals surface area (Å²) in [5, 5.41) is 5.36. The Balaban J connectivity index is 1.80. The molecule has 0 aliphatic heterocycles. The number of esters is 1. The minimum atomic E-state index is -0.779. The summed E-state index contributed by atoms with van der Waals surface area (Å²) in [5.74, 6) is -1.52. The maximum absolute atomic E-state index is 12.1. The number of ether oxygens (including phenoxy) is 2. The van der Waals surface area contributed by atoms with Crippen molar-refractivity contribution in [3.8, 4) is 5.75 Å². The predicted molar refractivity (Wildman–Crippen MR) is 101 cm³/mol. The first-order valence-corrected chi connectivity index (χ1v) is 8.48. The molecule has 0 atom stereocenters. The molecule has 0 aromatic heterocycles. The highest BCUT2D eigenvalue weighted by molar-refractivity contribution is 6.39. The lowest BCUT2D eigenvalue weighted by Crippen LogP contribution is -2.32. The van der Waals surface area contributed by atoms with E-state index in [4.69, 9.17) is 32.7 Å². The molecule has 0 spiro atoms. The summed E-state index contributed by atoms with van der Waals surface area (Å²) >= 11 is 11.9. The number of anilines is 1. The van der Waals surface area contributed by atoms with Crippen LogP contribution in [0.15, 0.2) is 42.5 Å². The Bertz CT molecular complexity index is 837. The second kappa shape index (κ2) is 9.80. The molecule has 2 aromatic rings. The van der Waals surface area contributed by atoms with Crippen LogP contribution < -0.4 is 15.4 Å². The molecule has 0 aliphatic rings. The van der Waals surface area contributed by atoms with Gasteiger partial charge in [-0.2, -0.15) is 0 Å². The average molecular weight is 411 g/mol. The van der Waals surface area contributed by atoms with Crippen molar-refractivity contribution in [1.82, 2.24) is 5.32 Å². The van der Waals surface area contributed by atoms with Crippen molar-refractivity contribution >= 4 is 46.7 Å². The van der Waals surface area contributed by atoms with Crippen molar-refractivity contribution in [2.24, 2.45) is 0 Å². The highest BCUT2D eigenvalue weighted by Crippen LogP contribution is 2.29. The zero-order valence-electron chi connectivity index (χ0n) is 14.3. The van der Waals surface area contributed by atoms with Crippen molar-refractivity contribution in [3.63, 3.8) is 0 Å². The van der Waals surface area contributed by atoms with Crippen LogP contribution in [0.25, 0.3) is 0 Å². The molecule has 0 bridgehead atoms. The number of carbonyl (C=O) groups is 3. The maximum atomic E-state index is 12.1. The second-order valence-electron chi connectivity index (χ2n) is 5.19. The Hall–Kier alpha value is -2.77. The summed E-state index contributed by atoms with van der Waals surface area (Å²) in [6, 6.07) is 11.3. The summed E-state index contributed by atoms with van der Waals surface area (Å²) in [6.45, 7) is -0.956. The number of halogens is 2. The lowest BCUT2D eigenvalue weighted by atomic mass is 10.2. The number of methoxy groups -OCH3 is 1. The summed E-state index contributed by atoms with van der Waals surface area (Å²) in [5.41, 5.74) is 0.505. The molecule has 0 saturated heterocycles. The largest absolute Gasteiger partial charge is 0.496 e. The fraction of sp³-hybridized carbons (Fsp3) is 0.167. The van der Waals surface area contributed by atoms with Crippen LogP contribution in [0.4, 0.5) is 5.69 Å². The molecular weight excluding hydrogens is 395 g/mol. The molecule has 0 heterocycles. The minimum absolute atomic E-state index is 0.228. The molecule has 2 amide bonds. The number of benzene rings is 2. The van der Waals surface area contributed by atoms with Gasteiger partial charge in [-0.25, -0.2) is 0 Å². The van der Waals surface area contributed by atoms with Crippen molar-refractivity contribution in [2.45, 2.75) is 0 Å². The molecule has 27 heavy (non-hydrogen) atoms. The van der Waals surface area contributed by atoms with Gasteiger partial charge in [-0.1, -0.05) is 41.4 Å². The highest BCUT2D eigenvalue weighted by Gasteiger charge is 2.15. The lowest BCUT2D eigenvalue weighted by Gasteiger charge is -2.10. The van der Waals surface area contributed by atoms with Gasteiger partial charge in [-0.15, -0.1) is 0 Å². The van der Waals surface area contributed by atoms with Crippen LogP contribution in [0.2, 0.25) is 10.0 Å². The summed E-state index contributed by atoms with van der Waals surface area (Å²) in [6.07, 6.45) is 0. The molecule has 2 rings (SSSR count). The van der Waals surface area contributed by atoms with Gasteiger partial charge < -0.3 is 20.1 Å². The van der Waals surface area contributed by atoms with E-state index in [9.17, 15) is 14.4 Å². The molecule has 2 N–H and O–H groups in total. The third-order valence-electron chi connectivity index (χ3n) is 3.34. The van der Waals surface area contributed by atoms with Crippen molar-refractivity contribution in [1.29, 1.82) is 0 Å². The van der Waals surface area contributed by atoms with Gasteiger partial charge in [0.05, 0.1) is 28.4 Å². The average Bonchev–Trinajstić information content (AvgIpc) is 2.67. The van der Waals surface area contributed by atoms with Gasteiger partial charge in [0.15, 0.2) is 6.61 Å². The van der Waals surface area contributed by atoms with E-state index in [2.05, 4.69) is 10.6 Å². The molecule has 9 heteroatoms. The molecule has 7 nitrogen and oxygen atoms in total. The molecule has 2 aromatic carbocycles. The maximum Gasteiger partial charge on any atom is 0.325 e. The first-order chi connectivity index (χ1) is 12.9. The molecule has 0 unspecified atom stereocenters. The van der Waals surface area contributed by atoms with E-state index in [-0.39, 0.29) is 21.3 Å². The SMILES string of the molecule is COc1ccccc1C(=O)NCC(=O)OCC(=O)Nc1c(Cl)cccc1Cl. The van der Waals surface area contributed by atoms with E-state index in [1.165, 1.54) is 7.11 Å². The molecular formula is C18H16Cl2N2O5. The first kappa shape index (κ1) is 20.5. The highest BCUT2D eigenvalue weighted by atomic mass is 35.5. The zero-order chi connectivity index (χ0) is 19.8. The minimum Gasteiger partial charge on any atom is -0.496 e. The van der Waals surface area contributed by atoms with Crippen molar-refractivity contribution < 1.29 is 23.9 Å². The first-order valence-electron chi connectivity index (χ1n) is 7.73. The van der Waals surface area contributed by atoms with Gasteiger partial charge in [-0.3, -0.25) is 14.4 Å². The third-order valence-corrected chi connectivity index (χ3v) is 3.97. The predicted octanol–water partition coefficient (Wildman–Crippen LogP) is 2.91. The number of para-hydroxylation sites is 2. The number of hydrogen-bond donors (Lipinski definition) is 2. The van der Waals surface area contributed by atoms with Crippen LogP contribution in [0.5, 0.6) is 5.75 Å². The van der Waals surface area contributed by atoms with E-state index in [1.54, 1.807) is 42.5 Å². The zero-order valence-corrected chi connectivity index (χ0v) is 15.8. The van der Waals surface area contributed by atoms with Crippen molar-refractivity contribution in [2.75, 3.05) is 25.6 Å². The standard InChI is InChI=1S/C18H16Cl2N2O5/c1-26-14-8-3-2-5-11(14)18(25)21-9-16(24)27-10-15(23)22-17-12(19)6-4-7-13(17)20/h2-8H,9-10H2,1H3,(H,21,25)(H,22,23). The summed E-state index contributed by atoms with van der Waals surface area (Å²) in [4.78, 5) is 35.7. The molecule has 142 valence electrons. The Labute approximate surface area is 165 Å². The smallest absolute Gasteiger partial charge is 0.325 e. The number of amides is 2. The van der Waals surface area contributed by atoms with Gasteiger partial charge >= 0.3 is 5.97 Å². The number of nitrogens with one attached hydrogen (secondary N) is 2. The monoisotopic (exact) mass is 410 g/mol. The molecule has 0 aliphatic carbocycles. The van der Waals surface area contributed by atoms with E-state index in [1.807, 2.05) is 0 Å². The Morgan fingerprint density at radius 3 is 2.33 bits per heavy atom. The van der Waals surface area contributed by atoms with Crippen LogP contribution >= 0.6 is 23.2 Å². The van der Waals surface area contributed by atoms with Crippen LogP contribution in [-0.2, 0) is 14.3 Å². The number of hydrogen-bond acceptors (Lipinski definition) is 5. The lowest BCUT2D eigenvalue weighted by molar-refractivity contribution is -0.146. The van der Waals surface area contributed by atoms with E-state index in [0.29, 0.717) is 5.75 Å². The fourth-order valence-electron chi connectivity index (χ4n) is 2.07. The number of rotatable bonds is 7. The quantitative estimate of drug-likeness (QED) is 0.684. The van der Waals surface area contributed by atoms with Crippen molar-refractivity contribution in [3.05, 3.63) is 58.1 Å². The van der Waals surface area contributed by atoms with Crippen LogP contribution in [0, 0.1) is 0 Å². The number of carbonyl (C=O) groups excluding carboxylic acids is 3.